The molecule has 1 aromatic rings. The van der Waals surface area contributed by atoms with E-state index >= 15 is 0 Å². The average Bonchev–Trinajstić information content (AvgIpc) is 2.55. The van der Waals surface area contributed by atoms with Crippen LogP contribution in [0.3, 0.4) is 0 Å². The van der Waals surface area contributed by atoms with Crippen molar-refractivity contribution in [1.29, 1.82) is 0 Å². The molecule has 6 nitrogen and oxygen atoms in total. The highest BCUT2D eigenvalue weighted by molar-refractivity contribution is 6.23. The molecule has 1 aromatic heterocycles. The normalized spacial score (nSPS) is 23.5. The number of pyridine rings is 1. The van der Waals surface area contributed by atoms with Crippen molar-refractivity contribution in [3.8, 4) is 5.75 Å². The third kappa shape index (κ3) is 2.77. The molecule has 0 spiro atoms. The SMILES string of the molecule is COc1ccnc(NC(=O)C2C=NC3CCCC=C3C2=O)c1. The zero-order chi connectivity index (χ0) is 15.5. The first-order valence-electron chi connectivity index (χ1n) is 7.27. The van der Waals surface area contributed by atoms with Gasteiger partial charge in [0.15, 0.2) is 5.78 Å². The van der Waals surface area contributed by atoms with E-state index in [-0.39, 0.29) is 11.8 Å². The predicted octanol–water partition coefficient (Wildman–Crippen LogP) is 1.78. The summed E-state index contributed by atoms with van der Waals surface area (Å²) < 4.78 is 5.08. The summed E-state index contributed by atoms with van der Waals surface area (Å²) in [4.78, 5) is 33.2. The standard InChI is InChI=1S/C16H17N3O3/c1-22-10-6-7-17-14(8-10)19-16(21)12-9-18-13-5-3-2-4-11(13)15(12)20/h4,6-9,12-13H,2-3,5H2,1H3,(H,17,19,21). The van der Waals surface area contributed by atoms with Crippen molar-refractivity contribution in [3.63, 3.8) is 0 Å². The van der Waals surface area contributed by atoms with Crippen LogP contribution in [0.15, 0.2) is 35.0 Å². The number of nitrogens with zero attached hydrogens (tertiary/aromatic N) is 2. The smallest absolute Gasteiger partial charge is 0.241 e. The average molecular weight is 299 g/mol. The molecule has 0 bridgehead atoms. The Morgan fingerprint density at radius 3 is 3.14 bits per heavy atom. The van der Waals surface area contributed by atoms with E-state index in [1.54, 1.807) is 12.1 Å². The Morgan fingerprint density at radius 2 is 2.32 bits per heavy atom. The van der Waals surface area contributed by atoms with E-state index in [1.807, 2.05) is 6.08 Å². The van der Waals surface area contributed by atoms with Gasteiger partial charge in [0.05, 0.1) is 13.2 Å². The fraction of sp³-hybridized carbons (Fsp3) is 0.375. The van der Waals surface area contributed by atoms with Crippen LogP contribution in [-0.4, -0.2) is 36.0 Å². The van der Waals surface area contributed by atoms with Gasteiger partial charge in [-0.3, -0.25) is 14.6 Å². The summed E-state index contributed by atoms with van der Waals surface area (Å²) in [5, 5.41) is 2.64. The summed E-state index contributed by atoms with van der Waals surface area (Å²) in [6.45, 7) is 0. The van der Waals surface area contributed by atoms with E-state index < -0.39 is 11.8 Å². The molecular formula is C16H17N3O3. The van der Waals surface area contributed by atoms with Gasteiger partial charge in [-0.1, -0.05) is 6.08 Å². The highest BCUT2D eigenvalue weighted by Gasteiger charge is 2.35. The van der Waals surface area contributed by atoms with Crippen molar-refractivity contribution in [1.82, 2.24) is 4.98 Å². The van der Waals surface area contributed by atoms with Crippen LogP contribution in [0, 0.1) is 5.92 Å². The summed E-state index contributed by atoms with van der Waals surface area (Å²) in [6.07, 6.45) is 7.69. The minimum absolute atomic E-state index is 0.0692. The van der Waals surface area contributed by atoms with Crippen molar-refractivity contribution in [2.75, 3.05) is 12.4 Å². The molecule has 2 aliphatic rings. The second kappa shape index (κ2) is 6.09. The van der Waals surface area contributed by atoms with Crippen LogP contribution < -0.4 is 10.1 Å². The number of hydrogen-bond acceptors (Lipinski definition) is 5. The molecule has 0 aromatic carbocycles. The van der Waals surface area contributed by atoms with Crippen molar-refractivity contribution >= 4 is 23.7 Å². The lowest BCUT2D eigenvalue weighted by atomic mass is 9.84. The summed E-state index contributed by atoms with van der Waals surface area (Å²) in [5.74, 6) is -0.512. The highest BCUT2D eigenvalue weighted by Crippen LogP contribution is 2.27. The topological polar surface area (TPSA) is 80.7 Å². The molecule has 1 amide bonds. The van der Waals surface area contributed by atoms with Crippen molar-refractivity contribution in [2.24, 2.45) is 10.9 Å². The molecule has 1 N–H and O–H groups in total. The van der Waals surface area contributed by atoms with E-state index in [4.69, 9.17) is 4.74 Å². The van der Waals surface area contributed by atoms with Gasteiger partial charge >= 0.3 is 0 Å². The Bertz CT molecular complexity index is 666. The largest absolute Gasteiger partial charge is 0.497 e. The monoisotopic (exact) mass is 299 g/mol. The van der Waals surface area contributed by atoms with Gasteiger partial charge in [-0.2, -0.15) is 0 Å². The summed E-state index contributed by atoms with van der Waals surface area (Å²) in [7, 11) is 1.54. The number of rotatable bonds is 3. The van der Waals surface area contributed by atoms with Crippen LogP contribution in [0.2, 0.25) is 0 Å². The van der Waals surface area contributed by atoms with E-state index in [0.717, 1.165) is 19.3 Å². The zero-order valence-corrected chi connectivity index (χ0v) is 12.3. The number of carbonyl (C=O) groups is 2. The molecule has 0 saturated heterocycles. The van der Waals surface area contributed by atoms with Crippen LogP contribution in [0.5, 0.6) is 5.75 Å². The molecule has 1 aliphatic heterocycles. The Kier molecular flexibility index (Phi) is 4.00. The number of anilines is 1. The van der Waals surface area contributed by atoms with Crippen LogP contribution >= 0.6 is 0 Å². The number of aliphatic imine (C=N–C) groups is 1. The number of Topliss-reactive ketones (excluding diaryl/α,β-unsaturated/α-hetero) is 1. The summed E-state index contributed by atoms with van der Waals surface area (Å²) >= 11 is 0. The molecule has 114 valence electrons. The Hall–Kier alpha value is -2.50. The van der Waals surface area contributed by atoms with E-state index in [9.17, 15) is 9.59 Å². The lowest BCUT2D eigenvalue weighted by Gasteiger charge is -2.26. The van der Waals surface area contributed by atoms with Gasteiger partial charge in [0, 0.05) is 24.1 Å². The molecule has 2 unspecified atom stereocenters. The second-order valence-corrected chi connectivity index (χ2v) is 5.32. The number of fused-ring (bicyclic) bond motifs is 1. The van der Waals surface area contributed by atoms with Gasteiger partial charge in [0.1, 0.15) is 17.5 Å². The zero-order valence-electron chi connectivity index (χ0n) is 12.3. The van der Waals surface area contributed by atoms with Gasteiger partial charge in [-0.15, -0.1) is 0 Å². The summed E-state index contributed by atoms with van der Waals surface area (Å²) in [5.41, 5.74) is 0.674. The number of nitrogens with one attached hydrogen (secondary N) is 1. The molecule has 2 heterocycles. The number of ether oxygens (including phenoxy) is 1. The number of aromatic nitrogens is 1. The molecule has 3 rings (SSSR count). The van der Waals surface area contributed by atoms with Crippen molar-refractivity contribution in [3.05, 3.63) is 30.0 Å². The number of methoxy groups -OCH3 is 1. The first-order valence-corrected chi connectivity index (χ1v) is 7.27. The number of allylic oxidation sites excluding steroid dienone is 1. The lowest BCUT2D eigenvalue weighted by Crippen LogP contribution is -2.38. The lowest BCUT2D eigenvalue weighted by molar-refractivity contribution is -0.126. The quantitative estimate of drug-likeness (QED) is 0.863. The third-order valence-corrected chi connectivity index (χ3v) is 3.89. The maximum absolute atomic E-state index is 12.4. The Morgan fingerprint density at radius 1 is 1.45 bits per heavy atom. The number of ketones is 1. The highest BCUT2D eigenvalue weighted by atomic mass is 16.5. The maximum atomic E-state index is 12.4. The van der Waals surface area contributed by atoms with Crippen LogP contribution in [0.25, 0.3) is 0 Å². The minimum Gasteiger partial charge on any atom is -0.497 e. The van der Waals surface area contributed by atoms with Crippen LogP contribution in [0.1, 0.15) is 19.3 Å². The fourth-order valence-corrected chi connectivity index (χ4v) is 2.71. The molecule has 0 radical (unpaired) electrons. The molecule has 0 fully saturated rings. The first-order chi connectivity index (χ1) is 10.7. The Balaban J connectivity index is 1.76. The molecule has 0 saturated carbocycles. The van der Waals surface area contributed by atoms with Crippen molar-refractivity contribution < 1.29 is 14.3 Å². The molecule has 1 aliphatic carbocycles. The van der Waals surface area contributed by atoms with Crippen LogP contribution in [0.4, 0.5) is 5.82 Å². The van der Waals surface area contributed by atoms with Crippen molar-refractivity contribution in [2.45, 2.75) is 25.3 Å². The predicted molar refractivity (Wildman–Crippen MR) is 82.1 cm³/mol. The maximum Gasteiger partial charge on any atom is 0.241 e. The number of amides is 1. The second-order valence-electron chi connectivity index (χ2n) is 5.32. The minimum atomic E-state index is -0.881. The fourth-order valence-electron chi connectivity index (χ4n) is 2.71. The van der Waals surface area contributed by atoms with Gasteiger partial charge in [-0.05, 0) is 25.3 Å². The number of carbonyl (C=O) groups excluding carboxylic acids is 2. The first kappa shape index (κ1) is 14.4. The van der Waals surface area contributed by atoms with Gasteiger partial charge in [0.25, 0.3) is 0 Å². The van der Waals surface area contributed by atoms with E-state index in [1.165, 1.54) is 19.5 Å². The number of hydrogen-bond donors (Lipinski definition) is 1. The van der Waals surface area contributed by atoms with Gasteiger partial charge < -0.3 is 10.1 Å². The van der Waals surface area contributed by atoms with Gasteiger partial charge in [-0.25, -0.2) is 4.98 Å². The molecule has 2 atom stereocenters. The Labute approximate surface area is 128 Å². The third-order valence-electron chi connectivity index (χ3n) is 3.89. The summed E-state index contributed by atoms with van der Waals surface area (Å²) in [6, 6.07) is 3.21. The molecular weight excluding hydrogens is 282 g/mol. The van der Waals surface area contributed by atoms with E-state index in [2.05, 4.69) is 15.3 Å². The molecule has 22 heavy (non-hydrogen) atoms. The molecule has 6 heteroatoms. The van der Waals surface area contributed by atoms with Crippen LogP contribution in [-0.2, 0) is 9.59 Å². The van der Waals surface area contributed by atoms with E-state index in [0.29, 0.717) is 17.1 Å². The van der Waals surface area contributed by atoms with Gasteiger partial charge in [0.2, 0.25) is 5.91 Å².